The van der Waals surface area contributed by atoms with Crippen molar-refractivity contribution < 1.29 is 9.90 Å². The fourth-order valence-electron chi connectivity index (χ4n) is 1.11. The van der Waals surface area contributed by atoms with Crippen molar-refractivity contribution in [1.82, 2.24) is 9.38 Å². The first-order chi connectivity index (χ1) is 6.20. The Hall–Kier alpha value is -1.36. The number of nitrogens with zero attached hydrogens (tertiary/aromatic N) is 2. The minimum Gasteiger partial charge on any atom is -0.476 e. The van der Waals surface area contributed by atoms with Gasteiger partial charge in [-0.05, 0) is 6.42 Å². The molecule has 0 amide bonds. The number of aryl methyl sites for hydroxylation is 1. The highest BCUT2D eigenvalue weighted by Gasteiger charge is 2.10. The van der Waals surface area contributed by atoms with Crippen LogP contribution in [0.1, 0.15) is 22.3 Å². The summed E-state index contributed by atoms with van der Waals surface area (Å²) in [7, 11) is 0. The minimum atomic E-state index is -0.978. The molecule has 68 valence electrons. The van der Waals surface area contributed by atoms with Gasteiger partial charge in [-0.15, -0.1) is 11.3 Å². The largest absolute Gasteiger partial charge is 0.476 e. The molecule has 0 spiro atoms. The van der Waals surface area contributed by atoms with E-state index < -0.39 is 5.97 Å². The zero-order chi connectivity index (χ0) is 9.42. The van der Waals surface area contributed by atoms with E-state index in [-0.39, 0.29) is 5.69 Å². The second kappa shape index (κ2) is 2.85. The van der Waals surface area contributed by atoms with Crippen LogP contribution in [0.2, 0.25) is 0 Å². The smallest absolute Gasteiger partial charge is 0.356 e. The van der Waals surface area contributed by atoms with Gasteiger partial charge >= 0.3 is 5.97 Å². The number of imidazole rings is 1. The first-order valence-corrected chi connectivity index (χ1v) is 4.73. The molecule has 0 unspecified atom stereocenters. The third kappa shape index (κ3) is 1.31. The molecule has 0 saturated heterocycles. The van der Waals surface area contributed by atoms with Gasteiger partial charge in [0.2, 0.25) is 0 Å². The number of carbonyl (C=O) groups is 1. The lowest BCUT2D eigenvalue weighted by Crippen LogP contribution is -1.95. The van der Waals surface area contributed by atoms with E-state index in [1.807, 2.05) is 6.20 Å². The van der Waals surface area contributed by atoms with Crippen LogP contribution in [0.5, 0.6) is 0 Å². The van der Waals surface area contributed by atoms with Gasteiger partial charge in [0.25, 0.3) is 0 Å². The van der Waals surface area contributed by atoms with E-state index in [2.05, 4.69) is 11.9 Å². The maximum absolute atomic E-state index is 10.6. The Bertz CT molecular complexity index is 426. The Morgan fingerprint density at radius 2 is 2.46 bits per heavy atom. The molecule has 0 aromatic carbocycles. The molecule has 1 N–H and O–H groups in total. The van der Waals surface area contributed by atoms with E-state index in [0.717, 1.165) is 11.4 Å². The molecule has 2 aromatic heterocycles. The molecule has 13 heavy (non-hydrogen) atoms. The molecular weight excluding hydrogens is 188 g/mol. The van der Waals surface area contributed by atoms with Gasteiger partial charge < -0.3 is 5.11 Å². The normalized spacial score (nSPS) is 10.8. The van der Waals surface area contributed by atoms with E-state index in [4.69, 9.17) is 5.11 Å². The fourth-order valence-corrected chi connectivity index (χ4v) is 2.01. The first-order valence-electron chi connectivity index (χ1n) is 3.91. The van der Waals surface area contributed by atoms with Crippen molar-refractivity contribution in [2.75, 3.05) is 0 Å². The van der Waals surface area contributed by atoms with Crippen LogP contribution in [0.4, 0.5) is 0 Å². The van der Waals surface area contributed by atoms with Gasteiger partial charge in [0, 0.05) is 17.3 Å². The summed E-state index contributed by atoms with van der Waals surface area (Å²) in [4.78, 5) is 16.5. The maximum atomic E-state index is 10.6. The molecule has 5 heteroatoms. The molecule has 2 aromatic rings. The predicted octanol–water partition coefficient (Wildman–Crippen LogP) is 1.66. The van der Waals surface area contributed by atoms with Crippen molar-refractivity contribution in [2.24, 2.45) is 0 Å². The maximum Gasteiger partial charge on any atom is 0.356 e. The lowest BCUT2D eigenvalue weighted by Gasteiger charge is -1.83. The van der Waals surface area contributed by atoms with Gasteiger partial charge in [0.1, 0.15) is 0 Å². The number of rotatable bonds is 2. The second-order valence-electron chi connectivity index (χ2n) is 2.67. The number of aromatic carboxylic acids is 1. The van der Waals surface area contributed by atoms with Gasteiger partial charge in [-0.1, -0.05) is 6.92 Å². The van der Waals surface area contributed by atoms with E-state index in [1.54, 1.807) is 4.40 Å². The van der Waals surface area contributed by atoms with Crippen LogP contribution < -0.4 is 0 Å². The van der Waals surface area contributed by atoms with E-state index in [1.165, 1.54) is 22.4 Å². The van der Waals surface area contributed by atoms with Crippen molar-refractivity contribution in [3.05, 3.63) is 23.0 Å². The lowest BCUT2D eigenvalue weighted by molar-refractivity contribution is 0.0691. The molecule has 0 radical (unpaired) electrons. The predicted molar refractivity (Wildman–Crippen MR) is 49.4 cm³/mol. The Morgan fingerprint density at radius 3 is 3.00 bits per heavy atom. The second-order valence-corrected chi connectivity index (χ2v) is 3.77. The number of aromatic nitrogens is 2. The standard InChI is InChI=1S/C8H8N2O2S/c1-2-5-3-10-4-6(7(11)12)9-8(10)13-5/h3-4H,2H2,1H3,(H,11,12). The average molecular weight is 196 g/mol. The van der Waals surface area contributed by atoms with Crippen molar-refractivity contribution >= 4 is 22.3 Å². The van der Waals surface area contributed by atoms with E-state index >= 15 is 0 Å². The summed E-state index contributed by atoms with van der Waals surface area (Å²) in [6.45, 7) is 2.06. The number of carboxylic acid groups (broad SMARTS) is 1. The quantitative estimate of drug-likeness (QED) is 0.794. The summed E-state index contributed by atoms with van der Waals surface area (Å²) in [5, 5.41) is 8.66. The molecule has 0 saturated carbocycles. The molecule has 0 aliphatic carbocycles. The highest BCUT2D eigenvalue weighted by molar-refractivity contribution is 7.17. The van der Waals surface area contributed by atoms with Crippen molar-refractivity contribution in [3.8, 4) is 0 Å². The third-order valence-electron chi connectivity index (χ3n) is 1.77. The van der Waals surface area contributed by atoms with Crippen LogP contribution in [0.25, 0.3) is 4.96 Å². The van der Waals surface area contributed by atoms with Gasteiger partial charge in [-0.2, -0.15) is 0 Å². The van der Waals surface area contributed by atoms with Gasteiger partial charge in [0.15, 0.2) is 10.7 Å². The Kier molecular flexibility index (Phi) is 1.81. The topological polar surface area (TPSA) is 54.6 Å². The average Bonchev–Trinajstić information content (AvgIpc) is 2.58. The molecule has 0 fully saturated rings. The number of hydrogen-bond acceptors (Lipinski definition) is 3. The van der Waals surface area contributed by atoms with E-state index in [9.17, 15) is 4.79 Å². The van der Waals surface area contributed by atoms with Crippen molar-refractivity contribution in [2.45, 2.75) is 13.3 Å². The lowest BCUT2D eigenvalue weighted by atomic mass is 10.4. The van der Waals surface area contributed by atoms with Crippen LogP contribution >= 0.6 is 11.3 Å². The third-order valence-corrected chi connectivity index (χ3v) is 2.91. The highest BCUT2D eigenvalue weighted by Crippen LogP contribution is 2.17. The summed E-state index contributed by atoms with van der Waals surface area (Å²) < 4.78 is 1.76. The summed E-state index contributed by atoms with van der Waals surface area (Å²) >= 11 is 1.52. The van der Waals surface area contributed by atoms with Crippen LogP contribution in [0.15, 0.2) is 12.4 Å². The van der Waals surface area contributed by atoms with Crippen molar-refractivity contribution in [3.63, 3.8) is 0 Å². The highest BCUT2D eigenvalue weighted by atomic mass is 32.1. The van der Waals surface area contributed by atoms with Crippen LogP contribution in [0.3, 0.4) is 0 Å². The van der Waals surface area contributed by atoms with Gasteiger partial charge in [0.05, 0.1) is 0 Å². The number of thiazole rings is 1. The number of hydrogen-bond donors (Lipinski definition) is 1. The SMILES string of the molecule is CCc1cn2cc(C(=O)O)nc2s1. The van der Waals surface area contributed by atoms with Crippen LogP contribution in [-0.4, -0.2) is 20.5 Å². The van der Waals surface area contributed by atoms with Crippen molar-refractivity contribution in [1.29, 1.82) is 0 Å². The zero-order valence-corrected chi connectivity index (χ0v) is 7.84. The number of fused-ring (bicyclic) bond motifs is 1. The molecule has 2 heterocycles. The van der Waals surface area contributed by atoms with Gasteiger partial charge in [-0.25, -0.2) is 9.78 Å². The summed E-state index contributed by atoms with van der Waals surface area (Å²) in [5.41, 5.74) is 0.105. The van der Waals surface area contributed by atoms with Crippen LogP contribution in [-0.2, 0) is 6.42 Å². The molecule has 0 aliphatic heterocycles. The van der Waals surface area contributed by atoms with Gasteiger partial charge in [-0.3, -0.25) is 4.40 Å². The molecule has 0 bridgehead atoms. The monoisotopic (exact) mass is 196 g/mol. The molecular formula is C8H8N2O2S. The van der Waals surface area contributed by atoms with Crippen LogP contribution in [0, 0.1) is 0 Å². The Morgan fingerprint density at radius 1 is 1.69 bits per heavy atom. The number of carboxylic acids is 1. The Balaban J connectivity index is 2.54. The molecule has 2 rings (SSSR count). The Labute approximate surface area is 78.5 Å². The van der Waals surface area contributed by atoms with E-state index in [0.29, 0.717) is 0 Å². The molecule has 0 aliphatic rings. The minimum absolute atomic E-state index is 0.105. The zero-order valence-electron chi connectivity index (χ0n) is 7.02. The molecule has 4 nitrogen and oxygen atoms in total. The summed E-state index contributed by atoms with van der Waals surface area (Å²) in [6.07, 6.45) is 4.41. The molecule has 0 atom stereocenters. The first kappa shape index (κ1) is 8.25. The summed E-state index contributed by atoms with van der Waals surface area (Å²) in [6, 6.07) is 0. The fraction of sp³-hybridized carbons (Fsp3) is 0.250. The summed E-state index contributed by atoms with van der Waals surface area (Å²) in [5.74, 6) is -0.978.